The van der Waals surface area contributed by atoms with Gasteiger partial charge in [-0.25, -0.2) is 8.78 Å². The van der Waals surface area contributed by atoms with Crippen LogP contribution < -0.4 is 66.3 Å². The number of methoxy groups -OCH3 is 6. The fraction of sp³-hybridized carbons (Fsp3) is 0.521. The van der Waals surface area contributed by atoms with Gasteiger partial charge >= 0.3 is 0 Å². The number of hydrogen-bond donors (Lipinski definition) is 5. The van der Waals surface area contributed by atoms with Crippen LogP contribution in [0.3, 0.4) is 0 Å². The van der Waals surface area contributed by atoms with E-state index in [2.05, 4.69) is 115 Å². The third-order valence-electron chi connectivity index (χ3n) is 23.7. The first-order valence-electron chi connectivity index (χ1n) is 41.9. The molecule has 0 saturated heterocycles. The van der Waals surface area contributed by atoms with Crippen LogP contribution in [0.2, 0.25) is 0 Å². The van der Waals surface area contributed by atoms with Crippen molar-refractivity contribution < 1.29 is 81.0 Å². The molecule has 38 heteroatoms. The first kappa shape index (κ1) is 113. The Hall–Kier alpha value is -9.47. The Balaban J connectivity index is 0.000000283. The Morgan fingerprint density at radius 1 is 0.515 bits per heavy atom. The second kappa shape index (κ2) is 46.7. The summed E-state index contributed by atoms with van der Waals surface area (Å²) in [5, 5.41) is 24.3. The van der Waals surface area contributed by atoms with Gasteiger partial charge in [0.25, 0.3) is 23.6 Å². The molecule has 0 radical (unpaired) electrons. The number of allylic oxidation sites excluding steroid dienone is 1. The number of Topliss-reactive ketones (excluding diaryl/α,β-unsaturated/α-hetero) is 3. The quantitative estimate of drug-likeness (QED) is 0.0154. The highest BCUT2D eigenvalue weighted by molar-refractivity contribution is 9.11. The lowest BCUT2D eigenvalue weighted by atomic mass is 9.94. The SMILES string of the molecule is C.C.C.C.C=C(C)CCc1cc(=O)c(OC)c(C(=O)CCC)[nH]1.CCCC(=O)c1[nH]c(Br)cc(=O)c1OC.CCCC(=O)c1c(OC)c(=O)c(Br)c2n1C(C)(CBr)CC2.CCN1CC2(C)CC(O)c3c(Br)c(=O)c(OC)c(n32)C1=O.CCN1CC2(C)CC(O)c3c(C(=O)NCc4ccc(F)cc4F)c(=O)c(OC)c(n32)C1=O.CCN1CC2(C)CCc3c(Br)c(=O)c(OC)c(n32)C1=O. The monoisotopic (exact) mass is 2160 g/mol. The lowest BCUT2D eigenvalue weighted by Crippen LogP contribution is -2.52. The zero-order valence-electron chi connectivity index (χ0n) is 74.7. The number of H-pyrrole nitrogens is 2. The highest BCUT2D eigenvalue weighted by Crippen LogP contribution is 2.50. The number of ketones is 3. The van der Waals surface area contributed by atoms with Crippen LogP contribution in [0.15, 0.2) is 89.3 Å². The number of hydrogen-bond acceptors (Lipinski definition) is 21. The van der Waals surface area contributed by atoms with Crippen molar-refractivity contribution in [3.63, 3.8) is 0 Å². The third-order valence-corrected chi connectivity index (χ3v) is 27.8. The van der Waals surface area contributed by atoms with Gasteiger partial charge in [0.15, 0.2) is 68.9 Å². The number of halogens is 7. The van der Waals surface area contributed by atoms with E-state index < -0.39 is 57.6 Å². The molecule has 6 unspecified atom stereocenters. The predicted molar refractivity (Wildman–Crippen MR) is 521 cm³/mol. The van der Waals surface area contributed by atoms with E-state index in [4.69, 9.17) is 28.4 Å². The molecule has 7 aliphatic rings. The first-order chi connectivity index (χ1) is 60.4. The number of carbonyl (C=O) groups excluding carboxylic acids is 7. The molecule has 13 heterocycles. The highest BCUT2D eigenvalue weighted by atomic mass is 79.9. The number of rotatable bonds is 25. The second-order valence-electron chi connectivity index (χ2n) is 33.0. The summed E-state index contributed by atoms with van der Waals surface area (Å²) in [5.74, 6) is -3.21. The largest absolute Gasteiger partial charge is 0.491 e. The van der Waals surface area contributed by atoms with Gasteiger partial charge in [0.2, 0.25) is 32.6 Å². The fourth-order valence-electron chi connectivity index (χ4n) is 17.6. The molecule has 5 N–H and O–H groups in total. The van der Waals surface area contributed by atoms with Crippen molar-refractivity contribution >= 4 is 121 Å². The molecular formula is C94H125Br5F2N10O21. The molecule has 14 rings (SSSR count). The van der Waals surface area contributed by atoms with Crippen LogP contribution >= 0.6 is 79.6 Å². The molecule has 0 saturated carbocycles. The van der Waals surface area contributed by atoms with Gasteiger partial charge in [-0.2, -0.15) is 0 Å². The van der Waals surface area contributed by atoms with Gasteiger partial charge in [0, 0.05) is 124 Å². The number of aromatic amines is 2. The molecule has 6 atom stereocenters. The summed E-state index contributed by atoms with van der Waals surface area (Å²) in [4.78, 5) is 172. The zero-order valence-corrected chi connectivity index (χ0v) is 82.7. The fourth-order valence-corrected chi connectivity index (χ4v) is 20.3. The number of aliphatic hydroxyl groups is 2. The van der Waals surface area contributed by atoms with Gasteiger partial charge in [0.1, 0.15) is 34.3 Å². The normalized spacial score (nSPS) is 19.0. The van der Waals surface area contributed by atoms with Crippen LogP contribution in [-0.4, -0.2) is 181 Å². The molecule has 0 fully saturated rings. The number of amides is 4. The van der Waals surface area contributed by atoms with Crippen molar-refractivity contribution in [2.75, 3.05) is 87.3 Å². The number of fused-ring (bicyclic) bond motifs is 1. The number of aliphatic hydroxyl groups excluding tert-OH is 2. The van der Waals surface area contributed by atoms with E-state index in [-0.39, 0.29) is 183 Å². The minimum absolute atomic E-state index is 0. The van der Waals surface area contributed by atoms with Gasteiger partial charge < -0.3 is 86.9 Å². The van der Waals surface area contributed by atoms with Crippen molar-refractivity contribution in [2.45, 2.75) is 237 Å². The Morgan fingerprint density at radius 2 is 0.924 bits per heavy atom. The minimum Gasteiger partial charge on any atom is -0.491 e. The molecule has 0 bridgehead atoms. The standard InChI is InChI=1S/C22H23F2N3O5.C15H19Br2NO3.C15H21NO3.C14H17BrN2O4.C14H17BrN2O3.C10H12BrNO3.4CH4/c1-4-26-10-22(2)8-14(28)16-15(18(29)19(32-3)17(21(26)31)27(16)22)20(30)25-9-11-5-6-12(23)7-13(11)24;1-4-5-10(19)12-14(21-3)13(20)11(17)9-6-7-15(2,8-16)18(9)12;1-5-6-12(17)14-15(19-4)13(18)9-11(16-14)8-7-10(2)3;1-4-16-6-14(2)5-7(18)9-8(15)11(19)12(21-3)10(13(16)20)17(9)14;1-4-16-7-14(2)6-5-8-9(15)11(18)12(20-3)10(13(16)19)17(8)14;1-3-4-6(13)9-10(15-2)7(14)5-8(11)12-9;;;;/h5-7,14,28H,4,8-10H2,1-3H3,(H,25,30);4-8H2,1-3H3;9H,2,5-8H2,1,3-4H3,(H,16,18);7,18H,4-6H2,1-3H3;4-7H2,1-3H3;5H,3-4H2,1-2H3,(H,12,14);4*1H4. The van der Waals surface area contributed by atoms with Crippen LogP contribution in [0.25, 0.3) is 0 Å². The van der Waals surface area contributed by atoms with Crippen LogP contribution in [-0.2, 0) is 48.0 Å². The number of ether oxygens (including phenoxy) is 6. The Kier molecular flexibility index (Phi) is 40.0. The summed E-state index contributed by atoms with van der Waals surface area (Å²) < 4.78 is 67.2. The number of aromatic nitrogens is 6. The van der Waals surface area contributed by atoms with Crippen LogP contribution in [0, 0.1) is 11.6 Å². The number of pyridine rings is 6. The maximum atomic E-state index is 13.9. The lowest BCUT2D eigenvalue weighted by Gasteiger charge is -2.41. The summed E-state index contributed by atoms with van der Waals surface area (Å²) in [6, 6.07) is 5.76. The molecule has 7 aliphatic heterocycles. The van der Waals surface area contributed by atoms with Gasteiger partial charge in [-0.05, 0) is 183 Å². The third kappa shape index (κ3) is 21.9. The maximum Gasteiger partial charge on any atom is 0.274 e. The molecule has 6 aromatic heterocycles. The maximum absolute atomic E-state index is 13.9. The molecule has 132 heavy (non-hydrogen) atoms. The second-order valence-corrected chi connectivity index (χ2v) is 36.8. The van der Waals surface area contributed by atoms with E-state index in [1.165, 1.54) is 60.9 Å². The smallest absolute Gasteiger partial charge is 0.274 e. The average molecular weight is 2170 g/mol. The van der Waals surface area contributed by atoms with Gasteiger partial charge in [-0.3, -0.25) is 62.3 Å². The number of likely N-dealkylation sites (N-methyl/N-ethyl adjacent to an activating group) is 3. The van der Waals surface area contributed by atoms with Crippen molar-refractivity contribution in [3.05, 3.63) is 207 Å². The summed E-state index contributed by atoms with van der Waals surface area (Å²) in [6.45, 7) is 28.0. The van der Waals surface area contributed by atoms with E-state index in [9.17, 15) is 81.3 Å². The molecule has 0 spiro atoms. The van der Waals surface area contributed by atoms with E-state index in [0.29, 0.717) is 108 Å². The summed E-state index contributed by atoms with van der Waals surface area (Å²) in [5.41, 5.74) is 1.55. The van der Waals surface area contributed by atoms with Gasteiger partial charge in [-0.15, -0.1) is 6.58 Å². The van der Waals surface area contributed by atoms with Gasteiger partial charge in [-0.1, -0.05) is 78.0 Å². The van der Waals surface area contributed by atoms with E-state index in [0.717, 1.165) is 85.4 Å². The number of benzene rings is 1. The van der Waals surface area contributed by atoms with Crippen molar-refractivity contribution in [1.82, 2.24) is 48.3 Å². The minimum atomic E-state index is -1.16. The van der Waals surface area contributed by atoms with Crippen LogP contribution in [0.1, 0.15) is 296 Å². The molecule has 726 valence electrons. The summed E-state index contributed by atoms with van der Waals surface area (Å²) in [7, 11) is 8.28. The number of nitrogens with zero attached hydrogens (tertiary/aromatic N) is 7. The van der Waals surface area contributed by atoms with Crippen LogP contribution in [0.4, 0.5) is 8.78 Å². The van der Waals surface area contributed by atoms with Gasteiger partial charge in [0.05, 0.1) is 106 Å². The predicted octanol–water partition coefficient (Wildman–Crippen LogP) is 15.9. The van der Waals surface area contributed by atoms with Crippen molar-refractivity contribution in [2.24, 2.45) is 0 Å². The molecular weight excluding hydrogens is 2040 g/mol. The molecule has 4 amide bonds. The topological polar surface area (TPSA) is 391 Å². The van der Waals surface area contributed by atoms with E-state index >= 15 is 0 Å². The van der Waals surface area contributed by atoms with E-state index in [1.807, 2.05) is 71.4 Å². The number of alkyl halides is 1. The van der Waals surface area contributed by atoms with E-state index in [1.54, 1.807) is 23.8 Å². The highest BCUT2D eigenvalue weighted by Gasteiger charge is 2.53. The summed E-state index contributed by atoms with van der Waals surface area (Å²) in [6.07, 6.45) is 6.98. The lowest BCUT2D eigenvalue weighted by molar-refractivity contribution is 0.0555. The average Bonchev–Trinajstić information content (AvgIpc) is 1.53. The number of carbonyl (C=O) groups is 7. The molecule has 0 aliphatic carbocycles. The Morgan fingerprint density at radius 3 is 1.38 bits per heavy atom. The number of aryl methyl sites for hydroxylation is 1. The Labute approximate surface area is 809 Å². The first-order valence-corrected chi connectivity index (χ1v) is 46.2. The molecule has 1 aromatic carbocycles. The van der Waals surface area contributed by atoms with Crippen LogP contribution in [0.5, 0.6) is 34.5 Å². The zero-order chi connectivity index (χ0) is 95.2. The summed E-state index contributed by atoms with van der Waals surface area (Å²) >= 11 is 16.7. The van der Waals surface area contributed by atoms with Crippen molar-refractivity contribution in [1.29, 1.82) is 0 Å². The Bertz CT molecular complexity index is 5970. The number of nitrogens with one attached hydrogen (secondary N) is 3. The molecule has 31 nitrogen and oxygen atoms in total. The van der Waals surface area contributed by atoms with Crippen molar-refractivity contribution in [3.8, 4) is 34.5 Å². The molecule has 7 aromatic rings.